The van der Waals surface area contributed by atoms with E-state index < -0.39 is 24.2 Å². The van der Waals surface area contributed by atoms with Gasteiger partial charge in [-0.05, 0) is 23.8 Å². The molecule has 0 aliphatic heterocycles. The van der Waals surface area contributed by atoms with Crippen molar-refractivity contribution in [1.29, 1.82) is 0 Å². The van der Waals surface area contributed by atoms with E-state index in [2.05, 4.69) is 31.3 Å². The number of hydrogen-bond donors (Lipinski definition) is 1. The summed E-state index contributed by atoms with van der Waals surface area (Å²) in [7, 11) is 0. The lowest BCUT2D eigenvalue weighted by Gasteiger charge is -2.08. The summed E-state index contributed by atoms with van der Waals surface area (Å²) in [5.74, 6) is -2.42. The van der Waals surface area contributed by atoms with Crippen molar-refractivity contribution >= 4 is 27.5 Å². The van der Waals surface area contributed by atoms with Crippen molar-refractivity contribution in [2.24, 2.45) is 0 Å². The Morgan fingerprint density at radius 2 is 2.00 bits per heavy atom. The molecule has 0 atom stereocenters. The van der Waals surface area contributed by atoms with E-state index in [0.717, 1.165) is 12.1 Å². The lowest BCUT2D eigenvalue weighted by molar-refractivity contribution is 0.0946. The van der Waals surface area contributed by atoms with Gasteiger partial charge in [-0.15, -0.1) is 0 Å². The van der Waals surface area contributed by atoms with Gasteiger partial charge in [0.25, 0.3) is 5.91 Å². The largest absolute Gasteiger partial charge is 0.347 e. The van der Waals surface area contributed by atoms with Gasteiger partial charge < -0.3 is 5.32 Å². The molecule has 5 nitrogen and oxygen atoms in total. The second kappa shape index (κ2) is 7.22. The quantitative estimate of drug-likeness (QED) is 0.654. The summed E-state index contributed by atoms with van der Waals surface area (Å²) < 4.78 is 40.3. The molecule has 0 bridgehead atoms. The zero-order valence-electron chi connectivity index (χ0n) is 12.8. The predicted octanol–water partition coefficient (Wildman–Crippen LogP) is 3.30. The van der Waals surface area contributed by atoms with Gasteiger partial charge in [0, 0.05) is 17.9 Å². The number of carbonyl (C=O) groups is 1. The van der Waals surface area contributed by atoms with E-state index in [1.165, 1.54) is 22.7 Å². The van der Waals surface area contributed by atoms with Gasteiger partial charge in [-0.2, -0.15) is 5.10 Å². The predicted molar refractivity (Wildman–Crippen MR) is 88.0 cm³/mol. The van der Waals surface area contributed by atoms with Crippen molar-refractivity contribution < 1.29 is 18.0 Å². The Kier molecular flexibility index (Phi) is 5.03. The third-order valence-corrected chi connectivity index (χ3v) is 4.07. The molecule has 1 N–H and O–H groups in total. The number of benzene rings is 1. The van der Waals surface area contributed by atoms with Crippen molar-refractivity contribution in [1.82, 2.24) is 19.9 Å². The highest BCUT2D eigenvalue weighted by Crippen LogP contribution is 2.14. The van der Waals surface area contributed by atoms with E-state index in [1.54, 1.807) is 0 Å². The molecule has 0 fully saturated rings. The highest BCUT2D eigenvalue weighted by Gasteiger charge is 2.14. The van der Waals surface area contributed by atoms with E-state index in [0.29, 0.717) is 22.2 Å². The summed E-state index contributed by atoms with van der Waals surface area (Å²) in [5, 5.41) is 7.04. The SMILES string of the molecule is O=C(NCc1ccc(F)c(F)c1)c1cc(CBr)n2nc(CF)cc2n1. The summed E-state index contributed by atoms with van der Waals surface area (Å²) in [6, 6.07) is 6.37. The van der Waals surface area contributed by atoms with Crippen LogP contribution in [-0.2, 0) is 18.5 Å². The molecule has 2 aromatic heterocycles. The Balaban J connectivity index is 1.82. The molecule has 3 aromatic rings. The third kappa shape index (κ3) is 3.65. The Morgan fingerprint density at radius 3 is 2.68 bits per heavy atom. The van der Waals surface area contributed by atoms with Crippen LogP contribution < -0.4 is 5.32 Å². The minimum absolute atomic E-state index is 0.0154. The maximum absolute atomic E-state index is 13.2. The zero-order chi connectivity index (χ0) is 18.0. The molecule has 0 unspecified atom stereocenters. The minimum atomic E-state index is -0.981. The highest BCUT2D eigenvalue weighted by atomic mass is 79.9. The van der Waals surface area contributed by atoms with Crippen LogP contribution in [0.15, 0.2) is 30.3 Å². The standard InChI is InChI=1S/C16H12BrF3N4O/c17-6-11-5-14(22-15-4-10(7-18)23-24(11)15)16(25)21-8-9-1-2-12(19)13(20)3-9/h1-5H,6-8H2,(H,21,25). The van der Waals surface area contributed by atoms with Gasteiger partial charge in [0.15, 0.2) is 17.3 Å². The van der Waals surface area contributed by atoms with Crippen LogP contribution in [0.3, 0.4) is 0 Å². The fourth-order valence-corrected chi connectivity index (χ4v) is 2.68. The minimum Gasteiger partial charge on any atom is -0.347 e. The molecular formula is C16H12BrF3N4O. The molecule has 0 spiro atoms. The molecular weight excluding hydrogens is 401 g/mol. The van der Waals surface area contributed by atoms with E-state index >= 15 is 0 Å². The van der Waals surface area contributed by atoms with Gasteiger partial charge >= 0.3 is 0 Å². The van der Waals surface area contributed by atoms with Crippen LogP contribution in [0.2, 0.25) is 0 Å². The van der Waals surface area contributed by atoms with Crippen molar-refractivity contribution in [3.8, 4) is 0 Å². The molecule has 0 aliphatic rings. The monoisotopic (exact) mass is 412 g/mol. The van der Waals surface area contributed by atoms with Crippen LogP contribution in [0.4, 0.5) is 13.2 Å². The van der Waals surface area contributed by atoms with Crippen molar-refractivity contribution in [3.05, 3.63) is 64.6 Å². The normalized spacial score (nSPS) is 11.0. The summed E-state index contributed by atoms with van der Waals surface area (Å²) >= 11 is 3.29. The van der Waals surface area contributed by atoms with E-state index in [1.807, 2.05) is 0 Å². The molecule has 0 saturated carbocycles. The van der Waals surface area contributed by atoms with Gasteiger partial charge in [0.2, 0.25) is 0 Å². The first-order chi connectivity index (χ1) is 12.0. The van der Waals surface area contributed by atoms with Crippen LogP contribution in [0, 0.1) is 11.6 Å². The fourth-order valence-electron chi connectivity index (χ4n) is 2.28. The second-order valence-electron chi connectivity index (χ2n) is 5.24. The summed E-state index contributed by atoms with van der Waals surface area (Å²) in [6.07, 6.45) is 0. The molecule has 2 heterocycles. The Hall–Kier alpha value is -2.42. The van der Waals surface area contributed by atoms with Crippen LogP contribution in [0.25, 0.3) is 5.65 Å². The molecule has 1 aromatic carbocycles. The Labute approximate surface area is 149 Å². The second-order valence-corrected chi connectivity index (χ2v) is 5.80. The van der Waals surface area contributed by atoms with E-state index in [9.17, 15) is 18.0 Å². The molecule has 3 rings (SSSR count). The number of nitrogens with zero attached hydrogens (tertiary/aromatic N) is 3. The van der Waals surface area contributed by atoms with E-state index in [-0.39, 0.29) is 17.9 Å². The van der Waals surface area contributed by atoms with Crippen molar-refractivity contribution in [2.45, 2.75) is 18.5 Å². The maximum atomic E-state index is 13.2. The van der Waals surface area contributed by atoms with Gasteiger partial charge in [0.1, 0.15) is 12.4 Å². The van der Waals surface area contributed by atoms with Gasteiger partial charge in [-0.1, -0.05) is 22.0 Å². The maximum Gasteiger partial charge on any atom is 0.270 e. The summed E-state index contributed by atoms with van der Waals surface area (Å²) in [5.41, 5.74) is 1.73. The topological polar surface area (TPSA) is 59.3 Å². The lowest BCUT2D eigenvalue weighted by Crippen LogP contribution is -2.24. The first-order valence-electron chi connectivity index (χ1n) is 7.24. The number of aromatic nitrogens is 3. The van der Waals surface area contributed by atoms with Gasteiger partial charge in [0.05, 0.1) is 11.4 Å². The molecule has 0 aliphatic carbocycles. The van der Waals surface area contributed by atoms with Crippen LogP contribution >= 0.6 is 15.9 Å². The zero-order valence-corrected chi connectivity index (χ0v) is 14.4. The number of hydrogen-bond acceptors (Lipinski definition) is 3. The number of carbonyl (C=O) groups excluding carboxylic acids is 1. The molecule has 130 valence electrons. The fraction of sp³-hybridized carbons (Fsp3) is 0.188. The van der Waals surface area contributed by atoms with Crippen molar-refractivity contribution in [3.63, 3.8) is 0 Å². The molecule has 25 heavy (non-hydrogen) atoms. The smallest absolute Gasteiger partial charge is 0.270 e. The van der Waals surface area contributed by atoms with Crippen LogP contribution in [0.1, 0.15) is 27.4 Å². The molecule has 0 saturated heterocycles. The Morgan fingerprint density at radius 1 is 1.20 bits per heavy atom. The van der Waals surface area contributed by atoms with Crippen LogP contribution in [0.5, 0.6) is 0 Å². The summed E-state index contributed by atoms with van der Waals surface area (Å²) in [6.45, 7) is -0.718. The number of fused-ring (bicyclic) bond motifs is 1. The first-order valence-corrected chi connectivity index (χ1v) is 8.36. The average Bonchev–Trinajstić information content (AvgIpc) is 3.04. The summed E-state index contributed by atoms with van der Waals surface area (Å²) in [4.78, 5) is 16.5. The molecule has 1 amide bonds. The number of rotatable bonds is 5. The lowest BCUT2D eigenvalue weighted by atomic mass is 10.2. The highest BCUT2D eigenvalue weighted by molar-refractivity contribution is 9.08. The number of nitrogens with one attached hydrogen (secondary N) is 1. The number of amides is 1. The van der Waals surface area contributed by atoms with E-state index in [4.69, 9.17) is 0 Å². The van der Waals surface area contributed by atoms with Gasteiger partial charge in [-0.25, -0.2) is 22.7 Å². The first kappa shape index (κ1) is 17.4. The van der Waals surface area contributed by atoms with Crippen LogP contribution in [-0.4, -0.2) is 20.5 Å². The molecule has 0 radical (unpaired) electrons. The number of halogens is 4. The Bertz CT molecular complexity index is 945. The number of alkyl halides is 2. The van der Waals surface area contributed by atoms with Crippen molar-refractivity contribution in [2.75, 3.05) is 0 Å². The third-order valence-electron chi connectivity index (χ3n) is 3.50. The van der Waals surface area contributed by atoms with Gasteiger partial charge in [-0.3, -0.25) is 4.79 Å². The average molecular weight is 413 g/mol. The molecule has 9 heteroatoms.